The quantitative estimate of drug-likeness (QED) is 0.427. The molecular formula is C24H29N5O3S2. The monoisotopic (exact) mass is 499 g/mol. The first-order valence-electron chi connectivity index (χ1n) is 11.3. The van der Waals surface area contributed by atoms with Crippen molar-refractivity contribution in [3.05, 3.63) is 51.7 Å². The van der Waals surface area contributed by atoms with E-state index in [-0.39, 0.29) is 11.7 Å². The minimum Gasteiger partial charge on any atom is -0.485 e. The van der Waals surface area contributed by atoms with Crippen molar-refractivity contribution in [2.75, 3.05) is 11.1 Å². The minimum atomic E-state index is -0.487. The van der Waals surface area contributed by atoms with Crippen LogP contribution in [0.2, 0.25) is 0 Å². The average Bonchev–Trinajstić information content (AvgIpc) is 3.36. The van der Waals surface area contributed by atoms with E-state index in [1.54, 1.807) is 0 Å². The molecule has 10 heteroatoms. The standard InChI is InChI=1S/C24H29N5O3S2/c1-4-29-19(12-32-17-8-6-5-7-15(17)3)27-28-24(29)33-13-20(30)26-23-21(22(25)31)16-10-9-14(2)11-18(16)34-23/h5-8,14H,4,9-13H2,1-3H3,(H2,25,31)(H,26,30). The van der Waals surface area contributed by atoms with E-state index in [1.807, 2.05) is 42.7 Å². The van der Waals surface area contributed by atoms with Gasteiger partial charge in [0.2, 0.25) is 5.91 Å². The van der Waals surface area contributed by atoms with E-state index in [0.29, 0.717) is 40.6 Å². The van der Waals surface area contributed by atoms with Gasteiger partial charge in [-0.2, -0.15) is 0 Å². The summed E-state index contributed by atoms with van der Waals surface area (Å²) in [6.07, 6.45) is 2.76. The highest BCUT2D eigenvalue weighted by molar-refractivity contribution is 7.99. The molecule has 1 aliphatic carbocycles. The highest BCUT2D eigenvalue weighted by Gasteiger charge is 2.27. The summed E-state index contributed by atoms with van der Waals surface area (Å²) in [5, 5.41) is 12.6. The molecule has 0 saturated carbocycles. The zero-order valence-electron chi connectivity index (χ0n) is 19.6. The number of anilines is 1. The predicted octanol–water partition coefficient (Wildman–Crippen LogP) is 4.20. The highest BCUT2D eigenvalue weighted by Crippen LogP contribution is 2.39. The van der Waals surface area contributed by atoms with Crippen LogP contribution in [0.15, 0.2) is 29.4 Å². The van der Waals surface area contributed by atoms with Gasteiger partial charge in [-0.05, 0) is 56.2 Å². The van der Waals surface area contributed by atoms with Crippen LogP contribution >= 0.6 is 23.1 Å². The second-order valence-corrected chi connectivity index (χ2v) is 10.5. The molecule has 0 radical (unpaired) electrons. The van der Waals surface area contributed by atoms with Crippen LogP contribution in [0, 0.1) is 12.8 Å². The Bertz CT molecular complexity index is 1200. The lowest BCUT2D eigenvalue weighted by Crippen LogP contribution is -2.20. The second kappa shape index (κ2) is 10.6. The maximum absolute atomic E-state index is 12.7. The topological polar surface area (TPSA) is 112 Å². The lowest BCUT2D eigenvalue weighted by molar-refractivity contribution is -0.113. The minimum absolute atomic E-state index is 0.147. The van der Waals surface area contributed by atoms with Gasteiger partial charge in [0, 0.05) is 11.4 Å². The largest absolute Gasteiger partial charge is 0.485 e. The fraction of sp³-hybridized carbons (Fsp3) is 0.417. The molecule has 180 valence electrons. The number of nitrogens with two attached hydrogens (primary N) is 1. The maximum atomic E-state index is 12.7. The number of carbonyl (C=O) groups is 2. The lowest BCUT2D eigenvalue weighted by atomic mass is 9.88. The average molecular weight is 500 g/mol. The molecule has 8 nitrogen and oxygen atoms in total. The number of hydrogen-bond acceptors (Lipinski definition) is 7. The lowest BCUT2D eigenvalue weighted by Gasteiger charge is -2.18. The zero-order valence-corrected chi connectivity index (χ0v) is 21.2. The highest BCUT2D eigenvalue weighted by atomic mass is 32.2. The van der Waals surface area contributed by atoms with Gasteiger partial charge in [0.05, 0.1) is 11.3 Å². The Morgan fingerprint density at radius 3 is 2.85 bits per heavy atom. The Morgan fingerprint density at radius 2 is 2.12 bits per heavy atom. The number of thiophene rings is 1. The van der Waals surface area contributed by atoms with Gasteiger partial charge < -0.3 is 20.4 Å². The van der Waals surface area contributed by atoms with E-state index in [1.165, 1.54) is 23.1 Å². The van der Waals surface area contributed by atoms with Crippen molar-refractivity contribution in [2.24, 2.45) is 11.7 Å². The van der Waals surface area contributed by atoms with E-state index in [2.05, 4.69) is 22.4 Å². The van der Waals surface area contributed by atoms with E-state index < -0.39 is 5.91 Å². The number of fused-ring (bicyclic) bond motifs is 1. The SMILES string of the molecule is CCn1c(COc2ccccc2C)nnc1SCC(=O)Nc1sc2c(c1C(N)=O)CCC(C)C2. The van der Waals surface area contributed by atoms with Crippen molar-refractivity contribution in [2.45, 2.75) is 58.3 Å². The van der Waals surface area contributed by atoms with Crippen molar-refractivity contribution in [1.29, 1.82) is 0 Å². The molecule has 2 aromatic heterocycles. The summed E-state index contributed by atoms with van der Waals surface area (Å²) in [4.78, 5) is 26.0. The van der Waals surface area contributed by atoms with Crippen molar-refractivity contribution in [1.82, 2.24) is 14.8 Å². The second-order valence-electron chi connectivity index (χ2n) is 8.45. The number of aryl methyl sites for hydroxylation is 1. The van der Waals surface area contributed by atoms with Crippen LogP contribution in [0.3, 0.4) is 0 Å². The van der Waals surface area contributed by atoms with Gasteiger partial charge in [0.25, 0.3) is 5.91 Å². The molecule has 34 heavy (non-hydrogen) atoms. The molecule has 2 amide bonds. The number of aromatic nitrogens is 3. The Hall–Kier alpha value is -2.85. The van der Waals surface area contributed by atoms with Crippen molar-refractivity contribution in [3.63, 3.8) is 0 Å². The Morgan fingerprint density at radius 1 is 1.32 bits per heavy atom. The smallest absolute Gasteiger partial charge is 0.251 e. The Balaban J connectivity index is 1.40. The first kappa shape index (κ1) is 24.3. The van der Waals surface area contributed by atoms with Crippen LogP contribution in [-0.2, 0) is 30.8 Å². The molecule has 1 atom stereocenters. The molecular weight excluding hydrogens is 470 g/mol. The summed E-state index contributed by atoms with van der Waals surface area (Å²) in [6.45, 7) is 7.14. The molecule has 3 aromatic rings. The zero-order chi connectivity index (χ0) is 24.2. The number of hydrogen-bond donors (Lipinski definition) is 2. The molecule has 0 aliphatic heterocycles. The van der Waals surface area contributed by atoms with Crippen LogP contribution in [0.4, 0.5) is 5.00 Å². The van der Waals surface area contributed by atoms with Crippen LogP contribution in [-0.4, -0.2) is 32.3 Å². The number of amides is 2. The number of ether oxygens (including phenoxy) is 1. The molecule has 3 N–H and O–H groups in total. The van der Waals surface area contributed by atoms with Crippen molar-refractivity contribution < 1.29 is 14.3 Å². The van der Waals surface area contributed by atoms with Crippen molar-refractivity contribution >= 4 is 39.9 Å². The third-order valence-corrected chi connectivity index (χ3v) is 8.04. The van der Waals surface area contributed by atoms with Gasteiger partial charge in [-0.1, -0.05) is 36.9 Å². The Kier molecular flexibility index (Phi) is 7.57. The fourth-order valence-electron chi connectivity index (χ4n) is 4.10. The molecule has 0 fully saturated rings. The number of nitrogens with zero attached hydrogens (tertiary/aromatic N) is 3. The summed E-state index contributed by atoms with van der Waals surface area (Å²) in [5.41, 5.74) is 8.18. The number of nitrogens with one attached hydrogen (secondary N) is 1. The number of thioether (sulfide) groups is 1. The summed E-state index contributed by atoms with van der Waals surface area (Å²) >= 11 is 2.77. The summed E-state index contributed by atoms with van der Waals surface area (Å²) < 4.78 is 7.85. The molecule has 1 unspecified atom stereocenters. The molecule has 2 heterocycles. The van der Waals surface area contributed by atoms with Gasteiger partial charge in [0.1, 0.15) is 17.4 Å². The van der Waals surface area contributed by atoms with E-state index in [4.69, 9.17) is 10.5 Å². The predicted molar refractivity (Wildman–Crippen MR) is 135 cm³/mol. The van der Waals surface area contributed by atoms with Gasteiger partial charge >= 0.3 is 0 Å². The van der Waals surface area contributed by atoms with E-state index in [0.717, 1.165) is 41.0 Å². The van der Waals surface area contributed by atoms with Gasteiger partial charge in [-0.25, -0.2) is 0 Å². The van der Waals surface area contributed by atoms with Gasteiger partial charge in [-0.15, -0.1) is 21.5 Å². The first-order chi connectivity index (χ1) is 16.4. The van der Waals surface area contributed by atoms with E-state index >= 15 is 0 Å². The molecule has 1 aliphatic rings. The molecule has 0 spiro atoms. The number of carbonyl (C=O) groups excluding carboxylic acids is 2. The number of benzene rings is 1. The molecule has 0 saturated heterocycles. The Labute approximate surface area is 207 Å². The fourth-order valence-corrected chi connectivity index (χ4v) is 6.36. The third kappa shape index (κ3) is 5.28. The van der Waals surface area contributed by atoms with Crippen LogP contribution < -0.4 is 15.8 Å². The van der Waals surface area contributed by atoms with Gasteiger partial charge in [-0.3, -0.25) is 9.59 Å². The third-order valence-electron chi connectivity index (χ3n) is 5.90. The van der Waals surface area contributed by atoms with Crippen molar-refractivity contribution in [3.8, 4) is 5.75 Å². The van der Waals surface area contributed by atoms with E-state index in [9.17, 15) is 9.59 Å². The summed E-state index contributed by atoms with van der Waals surface area (Å²) in [7, 11) is 0. The molecule has 0 bridgehead atoms. The number of rotatable bonds is 9. The molecule has 4 rings (SSSR count). The van der Waals surface area contributed by atoms with Crippen LogP contribution in [0.25, 0.3) is 0 Å². The summed E-state index contributed by atoms with van der Waals surface area (Å²) in [5.74, 6) is 1.52. The van der Waals surface area contributed by atoms with Gasteiger partial charge in [0.15, 0.2) is 11.0 Å². The van der Waals surface area contributed by atoms with Crippen LogP contribution in [0.1, 0.15) is 52.5 Å². The number of para-hydroxylation sites is 1. The van der Waals surface area contributed by atoms with Crippen LogP contribution in [0.5, 0.6) is 5.75 Å². The first-order valence-corrected chi connectivity index (χ1v) is 13.1. The maximum Gasteiger partial charge on any atom is 0.251 e. The normalized spacial score (nSPS) is 15.1. The summed E-state index contributed by atoms with van der Waals surface area (Å²) in [6, 6.07) is 7.81. The molecule has 1 aromatic carbocycles. The number of primary amides is 1.